The van der Waals surface area contributed by atoms with Crippen molar-refractivity contribution in [1.82, 2.24) is 0 Å². The van der Waals surface area contributed by atoms with Crippen molar-refractivity contribution in [2.75, 3.05) is 7.11 Å². The fourth-order valence-corrected chi connectivity index (χ4v) is 1.64. The average molecular weight is 240 g/mol. The molecule has 1 unspecified atom stereocenters. The Morgan fingerprint density at radius 3 is 2.53 bits per heavy atom. The van der Waals surface area contributed by atoms with Crippen LogP contribution in [-0.2, 0) is 9.53 Å². The SMILES string of the molecule is COC(CCCC/C=C/C=C/C(=O)O)C(C)C. The standard InChI is InChI=1S/C14H24O3/c1-12(2)13(17-3)10-8-6-4-5-7-9-11-14(15)16/h5,7,9,11-13H,4,6,8,10H2,1-3H3,(H,15,16)/b7-5+,11-9+. The summed E-state index contributed by atoms with van der Waals surface area (Å²) in [4.78, 5) is 10.2. The van der Waals surface area contributed by atoms with Crippen LogP contribution in [0.5, 0.6) is 0 Å². The van der Waals surface area contributed by atoms with Crippen LogP contribution in [0.2, 0.25) is 0 Å². The first-order valence-corrected chi connectivity index (χ1v) is 6.16. The lowest BCUT2D eigenvalue weighted by Crippen LogP contribution is -2.17. The second-order valence-electron chi connectivity index (χ2n) is 4.43. The average Bonchev–Trinajstić information content (AvgIpc) is 2.26. The summed E-state index contributed by atoms with van der Waals surface area (Å²) in [5, 5.41) is 8.36. The first kappa shape index (κ1) is 15.9. The van der Waals surface area contributed by atoms with Crippen molar-refractivity contribution >= 4 is 5.97 Å². The van der Waals surface area contributed by atoms with Crippen LogP contribution in [0.1, 0.15) is 39.5 Å². The van der Waals surface area contributed by atoms with E-state index in [0.717, 1.165) is 31.8 Å². The van der Waals surface area contributed by atoms with E-state index in [9.17, 15) is 4.79 Å². The lowest BCUT2D eigenvalue weighted by atomic mass is 10.0. The fourth-order valence-electron chi connectivity index (χ4n) is 1.64. The molecule has 0 spiro atoms. The van der Waals surface area contributed by atoms with Gasteiger partial charge < -0.3 is 9.84 Å². The largest absolute Gasteiger partial charge is 0.478 e. The molecule has 1 atom stereocenters. The van der Waals surface area contributed by atoms with Gasteiger partial charge in [-0.2, -0.15) is 0 Å². The lowest BCUT2D eigenvalue weighted by Gasteiger charge is -2.18. The van der Waals surface area contributed by atoms with E-state index in [1.54, 1.807) is 19.3 Å². The molecular formula is C14H24O3. The van der Waals surface area contributed by atoms with Crippen molar-refractivity contribution < 1.29 is 14.6 Å². The molecule has 0 aliphatic carbocycles. The minimum atomic E-state index is -0.908. The highest BCUT2D eigenvalue weighted by Crippen LogP contribution is 2.14. The lowest BCUT2D eigenvalue weighted by molar-refractivity contribution is -0.131. The Balaban J connectivity index is 3.55. The number of hydrogen-bond acceptors (Lipinski definition) is 2. The van der Waals surface area contributed by atoms with Crippen LogP contribution in [0.4, 0.5) is 0 Å². The molecule has 0 aliphatic heterocycles. The van der Waals surface area contributed by atoms with Gasteiger partial charge >= 0.3 is 5.97 Å². The van der Waals surface area contributed by atoms with Gasteiger partial charge in [-0.3, -0.25) is 0 Å². The van der Waals surface area contributed by atoms with E-state index in [2.05, 4.69) is 13.8 Å². The third kappa shape index (κ3) is 9.82. The number of methoxy groups -OCH3 is 1. The summed E-state index contributed by atoms with van der Waals surface area (Å²) in [6, 6.07) is 0. The van der Waals surface area contributed by atoms with E-state index in [0.29, 0.717) is 12.0 Å². The molecule has 0 rings (SSSR count). The minimum Gasteiger partial charge on any atom is -0.478 e. The Morgan fingerprint density at radius 2 is 2.00 bits per heavy atom. The highest BCUT2D eigenvalue weighted by Gasteiger charge is 2.10. The molecule has 0 saturated carbocycles. The molecule has 3 heteroatoms. The molecule has 0 radical (unpaired) electrons. The van der Waals surface area contributed by atoms with E-state index in [-0.39, 0.29) is 0 Å². The molecule has 0 bridgehead atoms. The van der Waals surface area contributed by atoms with Gasteiger partial charge in [-0.15, -0.1) is 0 Å². The van der Waals surface area contributed by atoms with Crippen LogP contribution >= 0.6 is 0 Å². The van der Waals surface area contributed by atoms with Crippen molar-refractivity contribution in [3.05, 3.63) is 24.3 Å². The summed E-state index contributed by atoms with van der Waals surface area (Å²) >= 11 is 0. The summed E-state index contributed by atoms with van der Waals surface area (Å²) in [6.45, 7) is 4.34. The number of ether oxygens (including phenoxy) is 1. The number of carboxylic acids is 1. The van der Waals surface area contributed by atoms with Gasteiger partial charge in [0.15, 0.2) is 0 Å². The number of carbonyl (C=O) groups is 1. The fraction of sp³-hybridized carbons (Fsp3) is 0.643. The number of allylic oxidation sites excluding steroid dienone is 3. The van der Waals surface area contributed by atoms with Gasteiger partial charge in [0.25, 0.3) is 0 Å². The predicted octanol–water partition coefficient (Wildman–Crippen LogP) is 3.41. The maximum atomic E-state index is 10.2. The van der Waals surface area contributed by atoms with Gasteiger partial charge in [0.05, 0.1) is 6.10 Å². The zero-order valence-corrected chi connectivity index (χ0v) is 11.1. The van der Waals surface area contributed by atoms with Crippen LogP contribution in [0.15, 0.2) is 24.3 Å². The summed E-state index contributed by atoms with van der Waals surface area (Å²) in [6.07, 6.45) is 11.1. The third-order valence-corrected chi connectivity index (χ3v) is 2.64. The molecule has 0 aromatic heterocycles. The van der Waals surface area contributed by atoms with Gasteiger partial charge in [-0.25, -0.2) is 4.79 Å². The van der Waals surface area contributed by atoms with Crippen molar-refractivity contribution in [1.29, 1.82) is 0 Å². The van der Waals surface area contributed by atoms with E-state index in [1.807, 2.05) is 6.08 Å². The van der Waals surface area contributed by atoms with E-state index in [1.165, 1.54) is 0 Å². The van der Waals surface area contributed by atoms with Crippen molar-refractivity contribution in [3.8, 4) is 0 Å². The van der Waals surface area contributed by atoms with Gasteiger partial charge in [-0.1, -0.05) is 38.5 Å². The van der Waals surface area contributed by atoms with E-state index < -0.39 is 5.97 Å². The van der Waals surface area contributed by atoms with E-state index in [4.69, 9.17) is 9.84 Å². The molecule has 17 heavy (non-hydrogen) atoms. The first-order valence-electron chi connectivity index (χ1n) is 6.16. The monoisotopic (exact) mass is 240 g/mol. The molecule has 0 saturated heterocycles. The van der Waals surface area contributed by atoms with Gasteiger partial charge in [0, 0.05) is 13.2 Å². The summed E-state index contributed by atoms with van der Waals surface area (Å²) in [5.41, 5.74) is 0. The van der Waals surface area contributed by atoms with Gasteiger partial charge in [0.2, 0.25) is 0 Å². The Bertz CT molecular complexity index is 254. The zero-order chi connectivity index (χ0) is 13.1. The molecular weight excluding hydrogens is 216 g/mol. The number of hydrogen-bond donors (Lipinski definition) is 1. The Hall–Kier alpha value is -1.09. The molecule has 0 aliphatic rings. The molecule has 0 aromatic rings. The number of rotatable bonds is 9. The molecule has 1 N–H and O–H groups in total. The molecule has 0 fully saturated rings. The van der Waals surface area contributed by atoms with Crippen molar-refractivity contribution in [2.24, 2.45) is 5.92 Å². The van der Waals surface area contributed by atoms with Crippen LogP contribution in [0.3, 0.4) is 0 Å². The normalized spacial score (nSPS) is 13.9. The number of carboxylic acid groups (broad SMARTS) is 1. The van der Waals surface area contributed by atoms with E-state index >= 15 is 0 Å². The zero-order valence-electron chi connectivity index (χ0n) is 11.1. The first-order chi connectivity index (χ1) is 8.07. The van der Waals surface area contributed by atoms with Gasteiger partial charge in [-0.05, 0) is 25.2 Å². The molecule has 3 nitrogen and oxygen atoms in total. The highest BCUT2D eigenvalue weighted by molar-refractivity contribution is 5.80. The van der Waals surface area contributed by atoms with Crippen molar-refractivity contribution in [2.45, 2.75) is 45.6 Å². The van der Waals surface area contributed by atoms with Gasteiger partial charge in [0.1, 0.15) is 0 Å². The second-order valence-corrected chi connectivity index (χ2v) is 4.43. The smallest absolute Gasteiger partial charge is 0.328 e. The predicted molar refractivity (Wildman–Crippen MR) is 70.0 cm³/mol. The Labute approximate surface area is 104 Å². The maximum absolute atomic E-state index is 10.2. The Morgan fingerprint density at radius 1 is 1.29 bits per heavy atom. The van der Waals surface area contributed by atoms with Crippen LogP contribution < -0.4 is 0 Å². The second kappa shape index (κ2) is 10.1. The topological polar surface area (TPSA) is 46.5 Å². The van der Waals surface area contributed by atoms with Crippen LogP contribution in [0, 0.1) is 5.92 Å². The number of unbranched alkanes of at least 4 members (excludes halogenated alkanes) is 2. The van der Waals surface area contributed by atoms with Crippen LogP contribution in [-0.4, -0.2) is 24.3 Å². The highest BCUT2D eigenvalue weighted by atomic mass is 16.5. The molecule has 0 heterocycles. The molecule has 0 aromatic carbocycles. The Kier molecular flexibility index (Phi) is 9.44. The molecule has 0 amide bonds. The summed E-state index contributed by atoms with van der Waals surface area (Å²) in [5.74, 6) is -0.344. The third-order valence-electron chi connectivity index (χ3n) is 2.64. The molecule has 98 valence electrons. The summed E-state index contributed by atoms with van der Waals surface area (Å²) in [7, 11) is 1.77. The summed E-state index contributed by atoms with van der Waals surface area (Å²) < 4.78 is 5.39. The quantitative estimate of drug-likeness (QED) is 0.381. The maximum Gasteiger partial charge on any atom is 0.328 e. The van der Waals surface area contributed by atoms with Crippen LogP contribution in [0.25, 0.3) is 0 Å². The minimum absolute atomic E-state index is 0.353. The van der Waals surface area contributed by atoms with Crippen molar-refractivity contribution in [3.63, 3.8) is 0 Å². The number of aliphatic carboxylic acids is 1.